The minimum Gasteiger partial charge on any atom is -0.309 e. The van der Waals surface area contributed by atoms with Gasteiger partial charge in [-0.1, -0.05) is 259 Å². The zero-order valence-electron chi connectivity index (χ0n) is 44.2. The Balaban J connectivity index is 1.11. The fourth-order valence-corrected chi connectivity index (χ4v) is 16.7. The topological polar surface area (TPSA) is 43.6 Å². The molecule has 0 aliphatic carbocycles. The number of fused-ring (bicyclic) bond motifs is 3. The molecule has 0 unspecified atom stereocenters. The van der Waals surface area contributed by atoms with Crippen LogP contribution in [0.1, 0.15) is 22.3 Å². The average Bonchev–Trinajstić information content (AvgIpc) is 3.98. The summed E-state index contributed by atoms with van der Waals surface area (Å²) in [6, 6.07) is 97.9. The highest BCUT2D eigenvalue weighted by molar-refractivity contribution is 7.19. The molecule has 13 aromatic rings. The van der Waals surface area contributed by atoms with Crippen LogP contribution in [0, 0.1) is 27.7 Å². The highest BCUT2D eigenvalue weighted by Crippen LogP contribution is 2.41. The van der Waals surface area contributed by atoms with Crippen molar-refractivity contribution in [3.8, 4) is 73.2 Å². The van der Waals surface area contributed by atoms with Crippen LogP contribution in [0.25, 0.3) is 95.0 Å². The van der Waals surface area contributed by atoms with Gasteiger partial charge in [-0.2, -0.15) is 0 Å². The van der Waals surface area contributed by atoms with Crippen LogP contribution in [0.15, 0.2) is 267 Å². The molecule has 5 heteroatoms. The number of aryl methyl sites for hydroxylation is 4. The van der Waals surface area contributed by atoms with Crippen LogP contribution in [0.3, 0.4) is 0 Å². The van der Waals surface area contributed by atoms with E-state index in [0.29, 0.717) is 17.5 Å². The van der Waals surface area contributed by atoms with Gasteiger partial charge >= 0.3 is 0 Å². The van der Waals surface area contributed by atoms with Crippen LogP contribution >= 0.6 is 0 Å². The molecule has 0 bridgehead atoms. The smallest absolute Gasteiger partial charge is 0.179 e. The molecular formula is C73H56N4Si. The first-order valence-electron chi connectivity index (χ1n) is 26.8. The van der Waals surface area contributed by atoms with E-state index in [1.165, 1.54) is 76.0 Å². The van der Waals surface area contributed by atoms with Crippen LogP contribution in [-0.2, 0) is 0 Å². The van der Waals surface area contributed by atoms with Gasteiger partial charge in [0.25, 0.3) is 0 Å². The quantitative estimate of drug-likeness (QED) is 0.0958. The van der Waals surface area contributed by atoms with Crippen molar-refractivity contribution in [3.63, 3.8) is 0 Å². The highest BCUT2D eigenvalue weighted by Gasteiger charge is 2.41. The first kappa shape index (κ1) is 48.1. The van der Waals surface area contributed by atoms with Gasteiger partial charge in [-0.05, 0) is 107 Å². The third kappa shape index (κ3) is 8.84. The number of benzene rings is 11. The minimum atomic E-state index is -2.90. The Morgan fingerprint density at radius 3 is 1.08 bits per heavy atom. The molecule has 372 valence electrons. The molecule has 2 heterocycles. The fraction of sp³-hybridized carbons (Fsp3) is 0.0548. The van der Waals surface area contributed by atoms with Crippen LogP contribution in [0.5, 0.6) is 0 Å². The lowest BCUT2D eigenvalue weighted by atomic mass is 9.97. The Morgan fingerprint density at radius 1 is 0.269 bits per heavy atom. The van der Waals surface area contributed by atoms with E-state index in [1.54, 1.807) is 0 Å². The minimum absolute atomic E-state index is 0.600. The van der Waals surface area contributed by atoms with Gasteiger partial charge in [0.1, 0.15) is 0 Å². The Labute approximate surface area is 457 Å². The maximum Gasteiger partial charge on any atom is 0.179 e. The largest absolute Gasteiger partial charge is 0.309 e. The normalized spacial score (nSPS) is 11.6. The molecule has 0 radical (unpaired) electrons. The van der Waals surface area contributed by atoms with Crippen LogP contribution < -0.4 is 20.7 Å². The third-order valence-electron chi connectivity index (χ3n) is 15.3. The van der Waals surface area contributed by atoms with Crippen LogP contribution in [-0.4, -0.2) is 27.6 Å². The van der Waals surface area contributed by atoms with Gasteiger partial charge in [0.15, 0.2) is 25.5 Å². The maximum atomic E-state index is 5.29. The molecule has 0 aliphatic heterocycles. The van der Waals surface area contributed by atoms with Crippen molar-refractivity contribution in [2.24, 2.45) is 0 Å². The van der Waals surface area contributed by atoms with E-state index < -0.39 is 8.07 Å². The second-order valence-electron chi connectivity index (χ2n) is 20.8. The number of rotatable bonds is 11. The van der Waals surface area contributed by atoms with Gasteiger partial charge in [-0.3, -0.25) is 0 Å². The molecule has 0 fully saturated rings. The molecule has 0 saturated heterocycles. The average molecular weight is 1020 g/mol. The Kier molecular flexibility index (Phi) is 12.5. The molecule has 0 aliphatic rings. The molecule has 13 rings (SSSR count). The monoisotopic (exact) mass is 1020 g/mol. The summed E-state index contributed by atoms with van der Waals surface area (Å²) in [5.41, 5.74) is 18.0. The number of hydrogen-bond donors (Lipinski definition) is 0. The summed E-state index contributed by atoms with van der Waals surface area (Å²) in [6.45, 7) is 8.74. The Morgan fingerprint density at radius 2 is 0.641 bits per heavy atom. The summed E-state index contributed by atoms with van der Waals surface area (Å²) in [5, 5.41) is 7.65. The van der Waals surface area contributed by atoms with E-state index in [4.69, 9.17) is 15.0 Å². The van der Waals surface area contributed by atoms with Crippen LogP contribution in [0.2, 0.25) is 0 Å². The summed E-state index contributed by atoms with van der Waals surface area (Å²) in [4.78, 5) is 15.7. The van der Waals surface area contributed by atoms with Crippen molar-refractivity contribution < 1.29 is 0 Å². The van der Waals surface area contributed by atoms with Crippen molar-refractivity contribution >= 4 is 50.6 Å². The summed E-state index contributed by atoms with van der Waals surface area (Å²) in [7, 11) is -2.90. The summed E-state index contributed by atoms with van der Waals surface area (Å²) < 4.78 is 2.49. The Bertz CT molecular complexity index is 4040. The fourth-order valence-electron chi connectivity index (χ4n) is 11.9. The lowest BCUT2D eigenvalue weighted by Crippen LogP contribution is -2.74. The summed E-state index contributed by atoms with van der Waals surface area (Å²) in [5.74, 6) is 1.84. The van der Waals surface area contributed by atoms with E-state index in [0.717, 1.165) is 44.5 Å². The lowest BCUT2D eigenvalue weighted by Gasteiger charge is -2.34. The SMILES string of the molecule is Cc1cc(C)cc(-c2ccc3c(c2)c2cc(-c4cc(C)cc(C)c4)ccc2n3-c2cc(-c3nc(-c4ccccc4)nc(-c4ccccc4)n3)ccc2-c2cccc([Si](c3ccccc3)(c3ccccc3)c3ccccc3)c2)c1. The predicted octanol–water partition coefficient (Wildman–Crippen LogP) is 15.6. The summed E-state index contributed by atoms with van der Waals surface area (Å²) >= 11 is 0. The number of aromatic nitrogens is 4. The molecule has 0 spiro atoms. The molecule has 0 atom stereocenters. The van der Waals surface area contributed by atoms with Crippen molar-refractivity contribution in [1.29, 1.82) is 0 Å². The first-order valence-corrected chi connectivity index (χ1v) is 28.8. The third-order valence-corrected chi connectivity index (χ3v) is 20.1. The second-order valence-corrected chi connectivity index (χ2v) is 24.6. The van der Waals surface area contributed by atoms with Crippen molar-refractivity contribution in [2.75, 3.05) is 0 Å². The van der Waals surface area contributed by atoms with E-state index in [9.17, 15) is 0 Å². The van der Waals surface area contributed by atoms with E-state index in [1.807, 2.05) is 36.4 Å². The van der Waals surface area contributed by atoms with Gasteiger partial charge in [0.2, 0.25) is 0 Å². The molecule has 0 N–H and O–H groups in total. The van der Waals surface area contributed by atoms with Gasteiger partial charge in [-0.25, -0.2) is 15.0 Å². The second kappa shape index (κ2) is 20.2. The van der Waals surface area contributed by atoms with Crippen LogP contribution in [0.4, 0.5) is 0 Å². The number of nitrogens with zero attached hydrogens (tertiary/aromatic N) is 4. The van der Waals surface area contributed by atoms with E-state index in [2.05, 4.69) is 263 Å². The molecule has 0 amide bonds. The highest BCUT2D eigenvalue weighted by atomic mass is 28.3. The molecular weight excluding hydrogens is 961 g/mol. The lowest BCUT2D eigenvalue weighted by molar-refractivity contribution is 1.07. The standard InChI is InChI=1S/C73H56N4Si/c1-49-39-50(2)42-59(41-49)55-34-37-68-66(46-55)67-47-56(60-43-51(3)40-52(4)44-60)35-38-69(67)77(68)70-48-58(73-75-71(53-21-10-5-11-22-53)74-72(76-73)54-23-12-6-13-24-54)33-36-65(70)57-25-20-32-64(45-57)78(61-26-14-7-15-27-61,62-28-16-8-17-29-62)63-30-18-9-19-31-63/h5-48H,1-4H3. The van der Waals surface area contributed by atoms with Gasteiger partial charge < -0.3 is 4.57 Å². The number of hydrogen-bond acceptors (Lipinski definition) is 3. The van der Waals surface area contributed by atoms with E-state index in [-0.39, 0.29) is 0 Å². The van der Waals surface area contributed by atoms with Crippen molar-refractivity contribution in [1.82, 2.24) is 19.5 Å². The molecule has 78 heavy (non-hydrogen) atoms. The Hall–Kier alpha value is -9.55. The maximum absolute atomic E-state index is 5.29. The molecule has 4 nitrogen and oxygen atoms in total. The van der Waals surface area contributed by atoms with Gasteiger partial charge in [-0.15, -0.1) is 0 Å². The predicted molar refractivity (Wildman–Crippen MR) is 329 cm³/mol. The zero-order valence-corrected chi connectivity index (χ0v) is 45.2. The summed E-state index contributed by atoms with van der Waals surface area (Å²) in [6.07, 6.45) is 0. The first-order chi connectivity index (χ1) is 38.3. The molecule has 0 saturated carbocycles. The van der Waals surface area contributed by atoms with Gasteiger partial charge in [0, 0.05) is 33.0 Å². The van der Waals surface area contributed by atoms with Crippen molar-refractivity contribution in [3.05, 3.63) is 289 Å². The van der Waals surface area contributed by atoms with E-state index >= 15 is 0 Å². The zero-order chi connectivity index (χ0) is 52.7. The molecule has 11 aromatic carbocycles. The van der Waals surface area contributed by atoms with Gasteiger partial charge in [0.05, 0.1) is 16.7 Å². The van der Waals surface area contributed by atoms with Crippen molar-refractivity contribution in [2.45, 2.75) is 27.7 Å². The molecule has 2 aromatic heterocycles.